The van der Waals surface area contributed by atoms with Crippen LogP contribution in [-0.2, 0) is 4.79 Å². The van der Waals surface area contributed by atoms with Gasteiger partial charge in [-0.15, -0.1) is 10.2 Å². The number of aromatic nitrogens is 2. The van der Waals surface area contributed by atoms with Crippen molar-refractivity contribution < 1.29 is 9.59 Å². The average Bonchev–Trinajstić information content (AvgIpc) is 2.89. The summed E-state index contributed by atoms with van der Waals surface area (Å²) >= 11 is 9.00. The summed E-state index contributed by atoms with van der Waals surface area (Å²) in [6, 6.07) is 3.06. The summed E-state index contributed by atoms with van der Waals surface area (Å²) in [5.74, 6) is 0.0536. The van der Waals surface area contributed by atoms with E-state index in [1.54, 1.807) is 0 Å². The van der Waals surface area contributed by atoms with Crippen molar-refractivity contribution >= 4 is 57.5 Å². The predicted molar refractivity (Wildman–Crippen MR) is 97.2 cm³/mol. The highest BCUT2D eigenvalue weighted by atomic mass is 35.5. The number of urea groups is 1. The predicted octanol–water partition coefficient (Wildman–Crippen LogP) is 3.23. The number of nitrogens with one attached hydrogen (secondary N) is 2. The molecule has 24 heavy (non-hydrogen) atoms. The summed E-state index contributed by atoms with van der Waals surface area (Å²) in [4.78, 5) is 21.8. The molecule has 0 saturated carbocycles. The summed E-state index contributed by atoms with van der Waals surface area (Å²) in [5.41, 5.74) is 7.78. The van der Waals surface area contributed by atoms with Gasteiger partial charge in [-0.2, -0.15) is 0 Å². The molecule has 128 valence electrons. The second-order valence-corrected chi connectivity index (χ2v) is 7.67. The molecule has 1 aromatic heterocycles. The molecule has 7 nitrogen and oxygen atoms in total. The minimum absolute atomic E-state index is 0.166. The van der Waals surface area contributed by atoms with E-state index in [0.717, 1.165) is 16.8 Å². The zero-order valence-corrected chi connectivity index (χ0v) is 15.4. The van der Waals surface area contributed by atoms with Crippen LogP contribution in [0.3, 0.4) is 0 Å². The maximum Gasteiger partial charge on any atom is 0.318 e. The zero-order valence-electron chi connectivity index (χ0n) is 13.1. The molecule has 1 aromatic carbocycles. The van der Waals surface area contributed by atoms with Gasteiger partial charge in [0.2, 0.25) is 11.0 Å². The van der Waals surface area contributed by atoms with Crippen LogP contribution in [0.2, 0.25) is 5.02 Å². The van der Waals surface area contributed by atoms with Crippen LogP contribution in [0, 0.1) is 13.8 Å². The van der Waals surface area contributed by atoms with Crippen molar-refractivity contribution in [3.05, 3.63) is 28.3 Å². The van der Waals surface area contributed by atoms with Gasteiger partial charge in [0.1, 0.15) is 0 Å². The number of benzene rings is 1. The number of primary amides is 1. The lowest BCUT2D eigenvalue weighted by Crippen LogP contribution is -2.35. The summed E-state index contributed by atoms with van der Waals surface area (Å²) in [6.07, 6.45) is 0.166. The molecule has 0 unspecified atom stereocenters. The van der Waals surface area contributed by atoms with Crippen LogP contribution in [0.15, 0.2) is 16.5 Å². The van der Waals surface area contributed by atoms with Gasteiger partial charge in [0.05, 0.1) is 10.7 Å². The molecule has 2 aromatic rings. The fourth-order valence-corrected chi connectivity index (χ4v) is 4.06. The number of nitrogens with two attached hydrogens (primary N) is 1. The first-order valence-electron chi connectivity index (χ1n) is 6.94. The first-order valence-corrected chi connectivity index (χ1v) is 9.12. The van der Waals surface area contributed by atoms with E-state index in [1.165, 1.54) is 23.1 Å². The molecule has 0 radical (unpaired) electrons. The molecular weight excluding hydrogens is 370 g/mol. The van der Waals surface area contributed by atoms with Crippen molar-refractivity contribution in [2.45, 2.75) is 24.6 Å². The Labute approximate surface area is 152 Å². The first kappa shape index (κ1) is 18.5. The highest BCUT2D eigenvalue weighted by molar-refractivity contribution is 8.01. The van der Waals surface area contributed by atoms with Crippen LogP contribution in [0.4, 0.5) is 15.6 Å². The lowest BCUT2D eigenvalue weighted by Gasteiger charge is -2.09. The molecule has 4 N–H and O–H groups in total. The highest BCUT2D eigenvalue weighted by Gasteiger charge is 2.11. The van der Waals surface area contributed by atoms with Crippen LogP contribution in [0.5, 0.6) is 0 Å². The number of halogens is 1. The Morgan fingerprint density at radius 3 is 2.75 bits per heavy atom. The second-order valence-electron chi connectivity index (χ2n) is 4.95. The Bertz CT molecular complexity index is 742. The number of hydrogen-bond donors (Lipinski definition) is 3. The van der Waals surface area contributed by atoms with Crippen molar-refractivity contribution in [3.8, 4) is 0 Å². The van der Waals surface area contributed by atoms with E-state index < -0.39 is 11.9 Å². The van der Waals surface area contributed by atoms with Gasteiger partial charge >= 0.3 is 6.03 Å². The molecular formula is C14H16ClN5O2S2. The average molecular weight is 386 g/mol. The maximum atomic E-state index is 11.3. The summed E-state index contributed by atoms with van der Waals surface area (Å²) in [6.45, 7) is 3.95. The van der Waals surface area contributed by atoms with Crippen molar-refractivity contribution in [1.82, 2.24) is 15.5 Å². The number of aryl methyl sites for hydroxylation is 2. The molecule has 0 aliphatic rings. The fourth-order valence-electron chi connectivity index (χ4n) is 1.93. The molecule has 0 saturated heterocycles. The van der Waals surface area contributed by atoms with E-state index in [9.17, 15) is 9.59 Å². The number of amides is 3. The quantitative estimate of drug-likeness (QED) is 0.658. The number of carbonyl (C=O) groups excluding carboxylic acids is 2. The van der Waals surface area contributed by atoms with Crippen LogP contribution in [0.25, 0.3) is 0 Å². The molecule has 2 rings (SSSR count). The number of rotatable bonds is 6. The topological polar surface area (TPSA) is 110 Å². The molecule has 0 spiro atoms. The highest BCUT2D eigenvalue weighted by Crippen LogP contribution is 2.33. The number of anilines is 2. The van der Waals surface area contributed by atoms with Crippen LogP contribution < -0.4 is 16.4 Å². The van der Waals surface area contributed by atoms with E-state index in [1.807, 2.05) is 31.3 Å². The molecule has 10 heteroatoms. The Morgan fingerprint density at radius 2 is 2.08 bits per heavy atom. The van der Waals surface area contributed by atoms with Crippen LogP contribution in [0.1, 0.15) is 17.5 Å². The van der Waals surface area contributed by atoms with Gasteiger partial charge in [-0.05, 0) is 31.0 Å². The van der Waals surface area contributed by atoms with Crippen LogP contribution in [-0.4, -0.2) is 27.9 Å². The van der Waals surface area contributed by atoms with Gasteiger partial charge in [-0.1, -0.05) is 40.8 Å². The number of imide groups is 1. The van der Waals surface area contributed by atoms with Crippen molar-refractivity contribution in [3.63, 3.8) is 0 Å². The van der Waals surface area contributed by atoms with E-state index in [0.29, 0.717) is 20.2 Å². The van der Waals surface area contributed by atoms with E-state index in [2.05, 4.69) is 15.5 Å². The second kappa shape index (κ2) is 8.32. The first-order chi connectivity index (χ1) is 11.3. The standard InChI is InChI=1S/C14H16ClN5O2S2/c1-7-5-8(2)11(9(15)6-7)18-13-19-20-14(24-13)23-4-3-10(21)17-12(16)22/h5-6H,3-4H2,1-2H3,(H,18,19)(H3,16,17,21,22). The van der Waals surface area contributed by atoms with Crippen LogP contribution >= 0.6 is 34.7 Å². The van der Waals surface area contributed by atoms with Gasteiger partial charge in [0.15, 0.2) is 4.34 Å². The molecule has 0 atom stereocenters. The Hall–Kier alpha value is -1.84. The fraction of sp³-hybridized carbons (Fsp3) is 0.286. The Kier molecular flexibility index (Phi) is 6.41. The van der Waals surface area contributed by atoms with Crippen molar-refractivity contribution in [1.29, 1.82) is 0 Å². The largest absolute Gasteiger partial charge is 0.351 e. The summed E-state index contributed by atoms with van der Waals surface area (Å²) in [7, 11) is 0. The van der Waals surface area contributed by atoms with Crippen molar-refractivity contribution in [2.24, 2.45) is 5.73 Å². The molecule has 0 fully saturated rings. The zero-order chi connectivity index (χ0) is 17.7. The Morgan fingerprint density at radius 1 is 1.33 bits per heavy atom. The minimum Gasteiger partial charge on any atom is -0.351 e. The normalized spacial score (nSPS) is 10.5. The molecule has 1 heterocycles. The number of nitrogens with zero attached hydrogens (tertiary/aromatic N) is 2. The molecule has 0 aliphatic heterocycles. The van der Waals surface area contributed by atoms with Gasteiger partial charge in [-0.25, -0.2) is 4.79 Å². The van der Waals surface area contributed by atoms with E-state index in [-0.39, 0.29) is 6.42 Å². The third-order valence-corrected chi connectivity index (χ3v) is 5.16. The monoisotopic (exact) mass is 385 g/mol. The number of carbonyl (C=O) groups is 2. The molecule has 3 amide bonds. The SMILES string of the molecule is Cc1cc(C)c(Nc2nnc(SCCC(=O)NC(N)=O)s2)c(Cl)c1. The lowest BCUT2D eigenvalue weighted by atomic mass is 10.1. The van der Waals surface area contributed by atoms with Gasteiger partial charge in [0, 0.05) is 12.2 Å². The van der Waals surface area contributed by atoms with Crippen molar-refractivity contribution in [2.75, 3.05) is 11.1 Å². The molecule has 0 bridgehead atoms. The summed E-state index contributed by atoms with van der Waals surface area (Å²) < 4.78 is 0.713. The number of hydrogen-bond acceptors (Lipinski definition) is 7. The minimum atomic E-state index is -0.849. The molecule has 0 aliphatic carbocycles. The summed E-state index contributed by atoms with van der Waals surface area (Å²) in [5, 5.41) is 14.5. The lowest BCUT2D eigenvalue weighted by molar-refractivity contribution is -0.119. The number of thioether (sulfide) groups is 1. The maximum absolute atomic E-state index is 11.3. The van der Waals surface area contributed by atoms with E-state index >= 15 is 0 Å². The third kappa shape index (κ3) is 5.36. The third-order valence-electron chi connectivity index (χ3n) is 2.89. The smallest absolute Gasteiger partial charge is 0.318 e. The Balaban J connectivity index is 1.92. The van der Waals surface area contributed by atoms with E-state index in [4.69, 9.17) is 17.3 Å². The van der Waals surface area contributed by atoms with Gasteiger partial charge < -0.3 is 11.1 Å². The van der Waals surface area contributed by atoms with Gasteiger partial charge in [-0.3, -0.25) is 10.1 Å². The van der Waals surface area contributed by atoms with Gasteiger partial charge in [0.25, 0.3) is 0 Å².